The summed E-state index contributed by atoms with van der Waals surface area (Å²) in [4.78, 5) is 13.8. The average molecular weight is 171 g/mol. The van der Waals surface area contributed by atoms with Crippen LogP contribution in [-0.2, 0) is 0 Å². The van der Waals surface area contributed by atoms with E-state index in [2.05, 4.69) is 9.72 Å². The van der Waals surface area contributed by atoms with Crippen LogP contribution in [0.15, 0.2) is 18.3 Å². The molecule has 0 amide bonds. The second kappa shape index (κ2) is 3.66. The molecule has 0 atom stereocenters. The van der Waals surface area contributed by atoms with E-state index in [4.69, 9.17) is 5.11 Å². The Morgan fingerprint density at radius 3 is 2.83 bits per heavy atom. The number of carbonyl (C=O) groups is 1. The molecule has 0 spiro atoms. The number of carboxylic acid groups (broad SMARTS) is 1. The summed E-state index contributed by atoms with van der Waals surface area (Å²) in [5.41, 5.74) is -0.0961. The van der Waals surface area contributed by atoms with Gasteiger partial charge in [-0.05, 0) is 12.1 Å². The first-order chi connectivity index (χ1) is 5.74. The zero-order valence-corrected chi connectivity index (χ0v) is 6.03. The van der Waals surface area contributed by atoms with Gasteiger partial charge in [-0.15, -0.1) is 0 Å². The number of alkyl halides is 1. The monoisotopic (exact) mass is 171 g/mol. The van der Waals surface area contributed by atoms with Gasteiger partial charge in [0.2, 0.25) is 6.86 Å². The van der Waals surface area contributed by atoms with E-state index in [1.54, 1.807) is 0 Å². The van der Waals surface area contributed by atoms with Crippen LogP contribution in [-0.4, -0.2) is 22.9 Å². The summed E-state index contributed by atoms with van der Waals surface area (Å²) in [6.07, 6.45) is 1.16. The molecule has 12 heavy (non-hydrogen) atoms. The molecule has 0 bridgehead atoms. The largest absolute Gasteiger partial charge is 0.477 e. The first-order valence-electron chi connectivity index (χ1n) is 3.12. The fraction of sp³-hybridized carbons (Fsp3) is 0.143. The minimum Gasteiger partial charge on any atom is -0.477 e. The van der Waals surface area contributed by atoms with Gasteiger partial charge in [0.05, 0.1) is 6.20 Å². The number of ether oxygens (including phenoxy) is 1. The Kier molecular flexibility index (Phi) is 2.57. The van der Waals surface area contributed by atoms with Gasteiger partial charge in [-0.2, -0.15) is 0 Å². The Bertz CT molecular complexity index is 272. The lowest BCUT2D eigenvalue weighted by atomic mass is 10.3. The fourth-order valence-corrected chi connectivity index (χ4v) is 0.655. The molecule has 5 heteroatoms. The predicted octanol–water partition coefficient (Wildman–Crippen LogP) is 1.09. The van der Waals surface area contributed by atoms with Crippen LogP contribution >= 0.6 is 0 Å². The topological polar surface area (TPSA) is 59.4 Å². The van der Waals surface area contributed by atoms with Gasteiger partial charge in [0, 0.05) is 0 Å². The third-order valence-electron chi connectivity index (χ3n) is 1.18. The molecular weight excluding hydrogens is 165 g/mol. The minimum absolute atomic E-state index is 0.0961. The van der Waals surface area contributed by atoms with Crippen LogP contribution in [0.25, 0.3) is 0 Å². The lowest BCUT2D eigenvalue weighted by Crippen LogP contribution is -2.00. The maximum atomic E-state index is 11.6. The zero-order chi connectivity index (χ0) is 8.97. The Morgan fingerprint density at radius 1 is 1.67 bits per heavy atom. The Balaban J connectivity index is 2.78. The number of carboxylic acids is 1. The highest BCUT2D eigenvalue weighted by molar-refractivity contribution is 5.85. The van der Waals surface area contributed by atoms with Crippen LogP contribution in [0.2, 0.25) is 0 Å². The molecule has 1 aromatic heterocycles. The number of aromatic nitrogens is 1. The molecule has 0 radical (unpaired) electrons. The SMILES string of the molecule is O=C(O)c1ccc(OCF)cn1. The first kappa shape index (κ1) is 8.45. The van der Waals surface area contributed by atoms with Crippen molar-refractivity contribution in [1.29, 1.82) is 0 Å². The van der Waals surface area contributed by atoms with Gasteiger partial charge in [-0.25, -0.2) is 14.2 Å². The first-order valence-corrected chi connectivity index (χ1v) is 3.12. The summed E-state index contributed by atoms with van der Waals surface area (Å²) in [7, 11) is 0. The molecule has 0 aromatic carbocycles. The highest BCUT2D eigenvalue weighted by Crippen LogP contribution is 2.08. The van der Waals surface area contributed by atoms with E-state index in [0.29, 0.717) is 0 Å². The van der Waals surface area contributed by atoms with Crippen molar-refractivity contribution < 1.29 is 19.0 Å². The van der Waals surface area contributed by atoms with E-state index in [1.165, 1.54) is 12.1 Å². The number of halogens is 1. The summed E-state index contributed by atoms with van der Waals surface area (Å²) in [5, 5.41) is 8.43. The Hall–Kier alpha value is -1.65. The maximum Gasteiger partial charge on any atom is 0.354 e. The lowest BCUT2D eigenvalue weighted by Gasteiger charge is -1.99. The van der Waals surface area contributed by atoms with Gasteiger partial charge in [-0.1, -0.05) is 0 Å². The third kappa shape index (κ3) is 1.91. The summed E-state index contributed by atoms with van der Waals surface area (Å²) in [6.45, 7) is -0.950. The Labute approximate surface area is 67.6 Å². The van der Waals surface area contributed by atoms with Crippen molar-refractivity contribution in [2.45, 2.75) is 0 Å². The van der Waals surface area contributed by atoms with Gasteiger partial charge < -0.3 is 9.84 Å². The summed E-state index contributed by atoms with van der Waals surface area (Å²) >= 11 is 0. The van der Waals surface area contributed by atoms with Gasteiger partial charge in [0.25, 0.3) is 0 Å². The number of aromatic carboxylic acids is 1. The molecule has 64 valence electrons. The molecule has 0 saturated carbocycles. The van der Waals surface area contributed by atoms with Gasteiger partial charge in [0.1, 0.15) is 11.4 Å². The van der Waals surface area contributed by atoms with Crippen LogP contribution in [0.5, 0.6) is 5.75 Å². The van der Waals surface area contributed by atoms with E-state index in [9.17, 15) is 9.18 Å². The second-order valence-corrected chi connectivity index (χ2v) is 1.94. The molecule has 0 aliphatic carbocycles. The molecule has 0 aliphatic heterocycles. The van der Waals surface area contributed by atoms with Crippen LogP contribution in [0, 0.1) is 0 Å². The highest BCUT2D eigenvalue weighted by Gasteiger charge is 2.03. The minimum atomic E-state index is -1.12. The van der Waals surface area contributed by atoms with E-state index < -0.39 is 12.8 Å². The van der Waals surface area contributed by atoms with Crippen molar-refractivity contribution >= 4 is 5.97 Å². The average Bonchev–Trinajstić information content (AvgIpc) is 2.06. The molecule has 0 saturated heterocycles. The van der Waals surface area contributed by atoms with E-state index >= 15 is 0 Å². The molecular formula is C7H6FNO3. The predicted molar refractivity (Wildman–Crippen MR) is 37.8 cm³/mol. The Morgan fingerprint density at radius 2 is 2.42 bits per heavy atom. The standard InChI is InChI=1S/C7H6FNO3/c8-4-12-5-1-2-6(7(10)11)9-3-5/h1-3H,4H2,(H,10,11). The number of hydrogen-bond donors (Lipinski definition) is 1. The van der Waals surface area contributed by atoms with Crippen molar-refractivity contribution in [1.82, 2.24) is 4.98 Å². The lowest BCUT2D eigenvalue weighted by molar-refractivity contribution is 0.0690. The number of nitrogens with zero attached hydrogens (tertiary/aromatic N) is 1. The van der Waals surface area contributed by atoms with Crippen molar-refractivity contribution in [3.63, 3.8) is 0 Å². The van der Waals surface area contributed by atoms with E-state index in [0.717, 1.165) is 6.20 Å². The van der Waals surface area contributed by atoms with Crippen LogP contribution in [0.3, 0.4) is 0 Å². The second-order valence-electron chi connectivity index (χ2n) is 1.94. The quantitative estimate of drug-likeness (QED) is 0.739. The van der Waals surface area contributed by atoms with Gasteiger partial charge in [-0.3, -0.25) is 0 Å². The molecule has 1 rings (SSSR count). The normalized spacial score (nSPS) is 9.42. The van der Waals surface area contributed by atoms with Gasteiger partial charge in [0.15, 0.2) is 0 Å². The molecule has 1 aromatic rings. The smallest absolute Gasteiger partial charge is 0.354 e. The molecule has 1 N–H and O–H groups in total. The summed E-state index contributed by atoms with van der Waals surface area (Å²) in [5.74, 6) is -0.913. The van der Waals surface area contributed by atoms with E-state index in [-0.39, 0.29) is 11.4 Å². The maximum absolute atomic E-state index is 11.6. The summed E-state index contributed by atoms with van der Waals surface area (Å²) < 4.78 is 16.0. The number of hydrogen-bond acceptors (Lipinski definition) is 3. The molecule has 1 heterocycles. The fourth-order valence-electron chi connectivity index (χ4n) is 0.655. The van der Waals surface area contributed by atoms with Crippen molar-refractivity contribution in [2.75, 3.05) is 6.86 Å². The van der Waals surface area contributed by atoms with Crippen molar-refractivity contribution in [3.05, 3.63) is 24.0 Å². The third-order valence-corrected chi connectivity index (χ3v) is 1.18. The van der Waals surface area contributed by atoms with Crippen LogP contribution in [0.4, 0.5) is 4.39 Å². The van der Waals surface area contributed by atoms with Crippen LogP contribution in [0.1, 0.15) is 10.5 Å². The van der Waals surface area contributed by atoms with Crippen molar-refractivity contribution in [2.24, 2.45) is 0 Å². The molecule has 0 unspecified atom stereocenters. The van der Waals surface area contributed by atoms with Crippen LogP contribution < -0.4 is 4.74 Å². The van der Waals surface area contributed by atoms with Crippen molar-refractivity contribution in [3.8, 4) is 5.75 Å². The summed E-state index contributed by atoms with van der Waals surface area (Å²) in [6, 6.07) is 2.59. The number of rotatable bonds is 3. The van der Waals surface area contributed by atoms with Gasteiger partial charge >= 0.3 is 5.97 Å². The number of pyridine rings is 1. The highest BCUT2D eigenvalue weighted by atomic mass is 19.1. The molecule has 0 aliphatic rings. The zero-order valence-electron chi connectivity index (χ0n) is 6.03. The molecule has 0 fully saturated rings. The molecule has 4 nitrogen and oxygen atoms in total. The van der Waals surface area contributed by atoms with E-state index in [1.807, 2.05) is 0 Å².